The Kier molecular flexibility index (Phi) is 3.41. The van der Waals surface area contributed by atoms with Gasteiger partial charge < -0.3 is 15.6 Å². The summed E-state index contributed by atoms with van der Waals surface area (Å²) in [5.41, 5.74) is 4.51. The molecule has 1 rings (SSSR count). The first kappa shape index (κ1) is 12.5. The van der Waals surface area contributed by atoms with E-state index in [0.29, 0.717) is 12.8 Å². The molecule has 4 nitrogen and oxygen atoms in total. The average Bonchev–Trinajstić information content (AvgIpc) is 2.00. The van der Waals surface area contributed by atoms with Crippen LogP contribution in [0.3, 0.4) is 0 Å². The lowest BCUT2D eigenvalue weighted by molar-refractivity contribution is -0.150. The van der Waals surface area contributed by atoms with Gasteiger partial charge in [0.25, 0.3) is 0 Å². The Balaban J connectivity index is 2.60. The van der Waals surface area contributed by atoms with Gasteiger partial charge in [0.15, 0.2) is 0 Å². The van der Waals surface area contributed by atoms with Crippen LogP contribution in [-0.4, -0.2) is 28.3 Å². The molecule has 0 aliphatic heterocycles. The van der Waals surface area contributed by atoms with Gasteiger partial charge >= 0.3 is 5.97 Å². The number of rotatable bonds is 2. The van der Waals surface area contributed by atoms with E-state index in [2.05, 4.69) is 0 Å². The second-order valence-corrected chi connectivity index (χ2v) is 5.41. The second kappa shape index (κ2) is 4.10. The molecule has 1 aliphatic rings. The number of carboxylic acids is 1. The number of hydrogen-bond acceptors (Lipinski definition) is 3. The summed E-state index contributed by atoms with van der Waals surface area (Å²) in [4.78, 5) is 11.0. The molecule has 0 aromatic rings. The van der Waals surface area contributed by atoms with Crippen molar-refractivity contribution >= 4 is 5.97 Å². The van der Waals surface area contributed by atoms with Gasteiger partial charge in [-0.05, 0) is 40.0 Å². The van der Waals surface area contributed by atoms with E-state index in [-0.39, 0.29) is 11.7 Å². The van der Waals surface area contributed by atoms with Gasteiger partial charge in [-0.25, -0.2) is 0 Å². The Hall–Kier alpha value is -0.610. The highest BCUT2D eigenvalue weighted by atomic mass is 16.5. The summed E-state index contributed by atoms with van der Waals surface area (Å²) >= 11 is 0. The van der Waals surface area contributed by atoms with Crippen LogP contribution >= 0.6 is 0 Å². The van der Waals surface area contributed by atoms with Gasteiger partial charge in [0, 0.05) is 6.42 Å². The third-order valence-corrected chi connectivity index (χ3v) is 2.69. The van der Waals surface area contributed by atoms with E-state index in [1.807, 2.05) is 20.8 Å². The quantitative estimate of drug-likeness (QED) is 0.732. The summed E-state index contributed by atoms with van der Waals surface area (Å²) in [5.74, 6) is -0.912. The van der Waals surface area contributed by atoms with Crippen molar-refractivity contribution in [3.63, 3.8) is 0 Å². The highest BCUT2D eigenvalue weighted by Gasteiger charge is 2.40. The van der Waals surface area contributed by atoms with Crippen LogP contribution < -0.4 is 5.73 Å². The molecular formula is C11H21NO3. The average molecular weight is 215 g/mol. The zero-order valence-electron chi connectivity index (χ0n) is 9.75. The minimum atomic E-state index is -1.09. The number of aliphatic carboxylic acids is 1. The predicted molar refractivity (Wildman–Crippen MR) is 57.6 cm³/mol. The van der Waals surface area contributed by atoms with Gasteiger partial charge in [0.2, 0.25) is 0 Å². The maximum absolute atomic E-state index is 11.0. The maximum Gasteiger partial charge on any atom is 0.323 e. The van der Waals surface area contributed by atoms with Crippen molar-refractivity contribution in [3.8, 4) is 0 Å². The molecule has 1 saturated carbocycles. The van der Waals surface area contributed by atoms with Crippen LogP contribution in [-0.2, 0) is 9.53 Å². The first-order chi connectivity index (χ1) is 6.73. The fourth-order valence-corrected chi connectivity index (χ4v) is 2.05. The lowest BCUT2D eigenvalue weighted by Crippen LogP contribution is -2.53. The Labute approximate surface area is 90.8 Å². The maximum atomic E-state index is 11.0. The molecule has 2 atom stereocenters. The summed E-state index contributed by atoms with van der Waals surface area (Å²) in [6.07, 6.45) is 2.67. The largest absolute Gasteiger partial charge is 0.480 e. The molecule has 88 valence electrons. The van der Waals surface area contributed by atoms with Crippen molar-refractivity contribution < 1.29 is 14.6 Å². The first-order valence-corrected chi connectivity index (χ1v) is 5.43. The number of ether oxygens (including phenoxy) is 1. The molecular weight excluding hydrogens is 194 g/mol. The topological polar surface area (TPSA) is 72.5 Å². The molecule has 0 aromatic heterocycles. The molecule has 0 spiro atoms. The Morgan fingerprint density at radius 3 is 2.60 bits per heavy atom. The minimum absolute atomic E-state index is 0.0279. The van der Waals surface area contributed by atoms with Crippen LogP contribution in [0, 0.1) is 0 Å². The number of carbonyl (C=O) groups is 1. The van der Waals surface area contributed by atoms with Gasteiger partial charge in [0.1, 0.15) is 5.54 Å². The summed E-state index contributed by atoms with van der Waals surface area (Å²) in [6.45, 7) is 5.92. The van der Waals surface area contributed by atoms with E-state index >= 15 is 0 Å². The summed E-state index contributed by atoms with van der Waals surface area (Å²) < 4.78 is 5.78. The molecule has 4 heteroatoms. The van der Waals surface area contributed by atoms with Crippen molar-refractivity contribution in [3.05, 3.63) is 0 Å². The summed E-state index contributed by atoms with van der Waals surface area (Å²) in [7, 11) is 0. The van der Waals surface area contributed by atoms with Crippen LogP contribution in [0.15, 0.2) is 0 Å². The molecule has 0 amide bonds. The molecule has 3 N–H and O–H groups in total. The first-order valence-electron chi connectivity index (χ1n) is 5.43. The van der Waals surface area contributed by atoms with Gasteiger partial charge in [-0.15, -0.1) is 0 Å². The fourth-order valence-electron chi connectivity index (χ4n) is 2.05. The molecule has 15 heavy (non-hydrogen) atoms. The van der Waals surface area contributed by atoms with Gasteiger partial charge in [0.05, 0.1) is 11.7 Å². The third kappa shape index (κ3) is 3.47. The van der Waals surface area contributed by atoms with E-state index in [9.17, 15) is 4.79 Å². The Bertz CT molecular complexity index is 247. The van der Waals surface area contributed by atoms with E-state index in [0.717, 1.165) is 12.8 Å². The lowest BCUT2D eigenvalue weighted by atomic mass is 9.81. The number of carboxylic acid groups (broad SMARTS) is 1. The van der Waals surface area contributed by atoms with Gasteiger partial charge in [-0.1, -0.05) is 0 Å². The zero-order chi connectivity index (χ0) is 11.7. The molecule has 0 aromatic carbocycles. The van der Waals surface area contributed by atoms with Crippen LogP contribution in [0.4, 0.5) is 0 Å². The molecule has 0 saturated heterocycles. The van der Waals surface area contributed by atoms with Crippen LogP contribution in [0.25, 0.3) is 0 Å². The van der Waals surface area contributed by atoms with Crippen molar-refractivity contribution in [1.29, 1.82) is 0 Å². The lowest BCUT2D eigenvalue weighted by Gasteiger charge is -2.37. The van der Waals surface area contributed by atoms with Crippen LogP contribution in [0.5, 0.6) is 0 Å². The molecule has 2 unspecified atom stereocenters. The molecule has 1 aliphatic carbocycles. The third-order valence-electron chi connectivity index (χ3n) is 2.69. The summed E-state index contributed by atoms with van der Waals surface area (Å²) in [6, 6.07) is 0. The smallest absolute Gasteiger partial charge is 0.323 e. The van der Waals surface area contributed by atoms with Gasteiger partial charge in [-0.2, -0.15) is 0 Å². The SMILES string of the molecule is CC(C)(C)OC1CCCC(N)(C(=O)O)C1. The zero-order valence-corrected chi connectivity index (χ0v) is 9.75. The Morgan fingerprint density at radius 1 is 1.53 bits per heavy atom. The molecule has 0 radical (unpaired) electrons. The number of nitrogens with two attached hydrogens (primary N) is 1. The van der Waals surface area contributed by atoms with E-state index in [1.165, 1.54) is 0 Å². The fraction of sp³-hybridized carbons (Fsp3) is 0.909. The van der Waals surface area contributed by atoms with Crippen molar-refractivity contribution in [2.45, 2.75) is 63.7 Å². The van der Waals surface area contributed by atoms with E-state index in [1.54, 1.807) is 0 Å². The Morgan fingerprint density at radius 2 is 2.13 bits per heavy atom. The molecule has 0 heterocycles. The highest BCUT2D eigenvalue weighted by Crippen LogP contribution is 2.30. The van der Waals surface area contributed by atoms with E-state index in [4.69, 9.17) is 15.6 Å². The minimum Gasteiger partial charge on any atom is -0.480 e. The molecule has 1 fully saturated rings. The van der Waals surface area contributed by atoms with Crippen molar-refractivity contribution in [1.82, 2.24) is 0 Å². The highest BCUT2D eigenvalue weighted by molar-refractivity contribution is 5.78. The van der Waals surface area contributed by atoms with Crippen molar-refractivity contribution in [2.24, 2.45) is 5.73 Å². The second-order valence-electron chi connectivity index (χ2n) is 5.41. The standard InChI is InChI=1S/C11H21NO3/c1-10(2,3)15-8-5-4-6-11(12,7-8)9(13)14/h8H,4-7,12H2,1-3H3,(H,13,14). The van der Waals surface area contributed by atoms with Crippen LogP contribution in [0.2, 0.25) is 0 Å². The van der Waals surface area contributed by atoms with Crippen LogP contribution in [0.1, 0.15) is 46.5 Å². The predicted octanol–water partition coefficient (Wildman–Crippen LogP) is 1.53. The monoisotopic (exact) mass is 215 g/mol. The normalized spacial score (nSPS) is 32.7. The summed E-state index contributed by atoms with van der Waals surface area (Å²) in [5, 5.41) is 9.03. The molecule has 0 bridgehead atoms. The van der Waals surface area contributed by atoms with Gasteiger partial charge in [-0.3, -0.25) is 4.79 Å². The van der Waals surface area contributed by atoms with Crippen molar-refractivity contribution in [2.75, 3.05) is 0 Å². The van der Waals surface area contributed by atoms with E-state index < -0.39 is 11.5 Å². The number of hydrogen-bond donors (Lipinski definition) is 2.